The Bertz CT molecular complexity index is 381. The number of methoxy groups -OCH3 is 1. The fraction of sp³-hybridized carbons (Fsp3) is 0.364. The Morgan fingerprint density at radius 1 is 1.62 bits per heavy atom. The first-order chi connectivity index (χ1) is 7.54. The summed E-state index contributed by atoms with van der Waals surface area (Å²) in [5.41, 5.74) is 0.581. The van der Waals surface area contributed by atoms with Gasteiger partial charge in [0.1, 0.15) is 11.6 Å². The SMILES string of the molecule is COc1cc(F)ccc1NCC(C)C(=O)O. The molecule has 0 bridgehead atoms. The lowest BCUT2D eigenvalue weighted by Crippen LogP contribution is -2.19. The van der Waals surface area contributed by atoms with Crippen LogP contribution in [0.3, 0.4) is 0 Å². The lowest BCUT2D eigenvalue weighted by atomic mass is 10.2. The largest absolute Gasteiger partial charge is 0.494 e. The molecule has 2 N–H and O–H groups in total. The summed E-state index contributed by atoms with van der Waals surface area (Å²) in [5.74, 6) is -1.44. The van der Waals surface area contributed by atoms with Crippen molar-refractivity contribution in [3.63, 3.8) is 0 Å². The van der Waals surface area contributed by atoms with Gasteiger partial charge in [0.15, 0.2) is 0 Å². The summed E-state index contributed by atoms with van der Waals surface area (Å²) in [5, 5.41) is 11.6. The smallest absolute Gasteiger partial charge is 0.308 e. The van der Waals surface area contributed by atoms with E-state index < -0.39 is 17.7 Å². The number of anilines is 1. The highest BCUT2D eigenvalue weighted by Gasteiger charge is 2.11. The fourth-order valence-electron chi connectivity index (χ4n) is 1.16. The van der Waals surface area contributed by atoms with Crippen LogP contribution in [0.25, 0.3) is 0 Å². The number of benzene rings is 1. The van der Waals surface area contributed by atoms with Gasteiger partial charge in [0.05, 0.1) is 18.7 Å². The predicted octanol–water partition coefficient (Wildman–Crippen LogP) is 1.97. The number of halogens is 1. The molecular formula is C11H14FNO3. The van der Waals surface area contributed by atoms with Gasteiger partial charge < -0.3 is 15.2 Å². The molecule has 0 aliphatic carbocycles. The van der Waals surface area contributed by atoms with Crippen LogP contribution in [0.1, 0.15) is 6.92 Å². The average molecular weight is 227 g/mol. The van der Waals surface area contributed by atoms with Gasteiger partial charge in [-0.1, -0.05) is 6.92 Å². The maximum atomic E-state index is 12.9. The second-order valence-electron chi connectivity index (χ2n) is 3.46. The minimum atomic E-state index is -0.881. The van der Waals surface area contributed by atoms with Crippen LogP contribution >= 0.6 is 0 Å². The number of nitrogens with one attached hydrogen (secondary N) is 1. The Hall–Kier alpha value is -1.78. The monoisotopic (exact) mass is 227 g/mol. The second kappa shape index (κ2) is 5.34. The second-order valence-corrected chi connectivity index (χ2v) is 3.46. The first-order valence-corrected chi connectivity index (χ1v) is 4.84. The molecule has 5 heteroatoms. The van der Waals surface area contributed by atoms with Crippen molar-refractivity contribution < 1.29 is 19.0 Å². The van der Waals surface area contributed by atoms with Gasteiger partial charge >= 0.3 is 5.97 Å². The van der Waals surface area contributed by atoms with E-state index in [2.05, 4.69) is 5.32 Å². The zero-order valence-electron chi connectivity index (χ0n) is 9.16. The van der Waals surface area contributed by atoms with Crippen molar-refractivity contribution >= 4 is 11.7 Å². The van der Waals surface area contributed by atoms with Crippen LogP contribution in [0.2, 0.25) is 0 Å². The van der Waals surface area contributed by atoms with Gasteiger partial charge in [-0.15, -0.1) is 0 Å². The summed E-state index contributed by atoms with van der Waals surface area (Å²) >= 11 is 0. The number of ether oxygens (including phenoxy) is 1. The van der Waals surface area contributed by atoms with Gasteiger partial charge in [0.25, 0.3) is 0 Å². The van der Waals surface area contributed by atoms with E-state index in [4.69, 9.17) is 9.84 Å². The summed E-state index contributed by atoms with van der Waals surface area (Å²) < 4.78 is 17.8. The molecule has 0 amide bonds. The van der Waals surface area contributed by atoms with Gasteiger partial charge in [0, 0.05) is 12.6 Å². The molecule has 0 aromatic heterocycles. The summed E-state index contributed by atoms with van der Waals surface area (Å²) in [7, 11) is 1.43. The van der Waals surface area contributed by atoms with Crippen molar-refractivity contribution in [2.45, 2.75) is 6.92 Å². The van der Waals surface area contributed by atoms with Crippen LogP contribution in [0, 0.1) is 11.7 Å². The number of aliphatic carboxylic acids is 1. The summed E-state index contributed by atoms with van der Waals surface area (Å²) in [6.07, 6.45) is 0. The standard InChI is InChI=1S/C11H14FNO3/c1-7(11(14)15)6-13-9-4-3-8(12)5-10(9)16-2/h3-5,7,13H,6H2,1-2H3,(H,14,15). The van der Waals surface area contributed by atoms with Crippen molar-refractivity contribution in [1.82, 2.24) is 0 Å². The Balaban J connectivity index is 2.70. The van der Waals surface area contributed by atoms with Gasteiger partial charge in [-0.2, -0.15) is 0 Å². The number of hydrogen-bond acceptors (Lipinski definition) is 3. The highest BCUT2D eigenvalue weighted by molar-refractivity contribution is 5.70. The first-order valence-electron chi connectivity index (χ1n) is 4.84. The van der Waals surface area contributed by atoms with Crippen LogP contribution in [0.15, 0.2) is 18.2 Å². The molecule has 0 aliphatic rings. The van der Waals surface area contributed by atoms with Crippen molar-refractivity contribution in [1.29, 1.82) is 0 Å². The van der Waals surface area contributed by atoms with Gasteiger partial charge in [-0.25, -0.2) is 4.39 Å². The Kier molecular flexibility index (Phi) is 4.10. The van der Waals surface area contributed by atoms with Gasteiger partial charge in [-0.3, -0.25) is 4.79 Å². The molecule has 1 aromatic carbocycles. The molecule has 1 rings (SSSR count). The fourth-order valence-corrected chi connectivity index (χ4v) is 1.16. The number of carboxylic acid groups (broad SMARTS) is 1. The van der Waals surface area contributed by atoms with E-state index in [1.165, 1.54) is 25.3 Å². The third-order valence-corrected chi connectivity index (χ3v) is 2.18. The minimum Gasteiger partial charge on any atom is -0.494 e. The number of rotatable bonds is 5. The molecule has 0 spiro atoms. The van der Waals surface area contributed by atoms with E-state index in [1.54, 1.807) is 6.92 Å². The molecule has 0 aliphatic heterocycles. The summed E-state index contributed by atoms with van der Waals surface area (Å²) in [6, 6.07) is 4.05. The zero-order chi connectivity index (χ0) is 12.1. The third kappa shape index (κ3) is 3.12. The van der Waals surface area contributed by atoms with Crippen molar-refractivity contribution in [3.05, 3.63) is 24.0 Å². The maximum absolute atomic E-state index is 12.9. The van der Waals surface area contributed by atoms with E-state index in [9.17, 15) is 9.18 Å². The number of hydrogen-bond donors (Lipinski definition) is 2. The lowest BCUT2D eigenvalue weighted by Gasteiger charge is -2.12. The molecule has 1 aromatic rings. The highest BCUT2D eigenvalue weighted by Crippen LogP contribution is 2.24. The van der Waals surface area contributed by atoms with E-state index in [-0.39, 0.29) is 6.54 Å². The Labute approximate surface area is 93.0 Å². The Morgan fingerprint density at radius 2 is 2.31 bits per heavy atom. The molecule has 0 heterocycles. The molecule has 0 saturated carbocycles. The minimum absolute atomic E-state index is 0.261. The van der Waals surface area contributed by atoms with Crippen molar-refractivity contribution in [3.8, 4) is 5.75 Å². The molecule has 1 atom stereocenters. The topological polar surface area (TPSA) is 58.6 Å². The molecule has 88 valence electrons. The first kappa shape index (κ1) is 12.3. The number of carbonyl (C=O) groups is 1. The molecule has 0 radical (unpaired) electrons. The van der Waals surface area contributed by atoms with Crippen LogP contribution < -0.4 is 10.1 Å². The van der Waals surface area contributed by atoms with Crippen molar-refractivity contribution in [2.24, 2.45) is 5.92 Å². The van der Waals surface area contributed by atoms with Crippen LogP contribution in [0.5, 0.6) is 5.75 Å². The van der Waals surface area contributed by atoms with Gasteiger partial charge in [0.2, 0.25) is 0 Å². The van der Waals surface area contributed by atoms with Crippen LogP contribution in [0.4, 0.5) is 10.1 Å². The van der Waals surface area contributed by atoms with Gasteiger partial charge in [-0.05, 0) is 12.1 Å². The average Bonchev–Trinajstić information content (AvgIpc) is 2.26. The van der Waals surface area contributed by atoms with E-state index in [1.807, 2.05) is 0 Å². The third-order valence-electron chi connectivity index (χ3n) is 2.18. The highest BCUT2D eigenvalue weighted by atomic mass is 19.1. The summed E-state index contributed by atoms with van der Waals surface area (Å²) in [6.45, 7) is 1.85. The predicted molar refractivity (Wildman–Crippen MR) is 58.2 cm³/mol. The quantitative estimate of drug-likeness (QED) is 0.807. The van der Waals surface area contributed by atoms with E-state index in [0.29, 0.717) is 11.4 Å². The molecule has 1 unspecified atom stereocenters. The number of carboxylic acids is 1. The molecule has 4 nitrogen and oxygen atoms in total. The Morgan fingerprint density at radius 3 is 2.88 bits per heavy atom. The molecular weight excluding hydrogens is 213 g/mol. The van der Waals surface area contributed by atoms with Crippen LogP contribution in [-0.4, -0.2) is 24.7 Å². The van der Waals surface area contributed by atoms with E-state index in [0.717, 1.165) is 0 Å². The molecule has 0 fully saturated rings. The van der Waals surface area contributed by atoms with Crippen molar-refractivity contribution in [2.75, 3.05) is 19.0 Å². The lowest BCUT2D eigenvalue weighted by molar-refractivity contribution is -0.140. The van der Waals surface area contributed by atoms with E-state index >= 15 is 0 Å². The maximum Gasteiger partial charge on any atom is 0.308 e. The zero-order valence-corrected chi connectivity index (χ0v) is 9.16. The van der Waals surface area contributed by atoms with Crippen LogP contribution in [-0.2, 0) is 4.79 Å². The molecule has 0 saturated heterocycles. The summed E-state index contributed by atoms with van der Waals surface area (Å²) in [4.78, 5) is 10.6. The normalized spacial score (nSPS) is 11.9. The molecule has 16 heavy (non-hydrogen) atoms.